The molecule has 1 aromatic rings. The molecular formula is C14H23NO. The first kappa shape index (κ1) is 11.7. The van der Waals surface area contributed by atoms with Crippen molar-refractivity contribution < 1.29 is 4.42 Å². The van der Waals surface area contributed by atoms with Gasteiger partial charge in [0.2, 0.25) is 0 Å². The van der Waals surface area contributed by atoms with Crippen molar-refractivity contribution in [3.8, 4) is 0 Å². The second-order valence-corrected chi connectivity index (χ2v) is 5.52. The Morgan fingerprint density at radius 1 is 1.25 bits per heavy atom. The lowest BCUT2D eigenvalue weighted by atomic mass is 9.80. The Balaban J connectivity index is 1.89. The van der Waals surface area contributed by atoms with Crippen molar-refractivity contribution in [2.45, 2.75) is 52.1 Å². The van der Waals surface area contributed by atoms with Crippen molar-refractivity contribution in [2.75, 3.05) is 0 Å². The largest absolute Gasteiger partial charge is 0.468 e. The lowest BCUT2D eigenvalue weighted by Crippen LogP contribution is -2.37. The monoisotopic (exact) mass is 221 g/mol. The van der Waals surface area contributed by atoms with E-state index in [9.17, 15) is 0 Å². The standard InChI is InChI=1S/C14H23NO/c1-10-7-11(2)9-13(8-10)15-12(3)14-5-4-6-16-14/h4-6,10-13,15H,7-9H2,1-3H3/t10?,11?,12-,13?/m0/s1. The molecule has 90 valence electrons. The SMILES string of the molecule is CC1CC(C)CC(N[C@@H](C)c2ccco2)C1. The fourth-order valence-electron chi connectivity index (χ4n) is 3.06. The predicted molar refractivity (Wildman–Crippen MR) is 66.2 cm³/mol. The van der Waals surface area contributed by atoms with Crippen LogP contribution in [0.25, 0.3) is 0 Å². The zero-order valence-corrected chi connectivity index (χ0v) is 10.6. The third-order valence-electron chi connectivity index (χ3n) is 3.63. The van der Waals surface area contributed by atoms with Crippen LogP contribution in [0.4, 0.5) is 0 Å². The van der Waals surface area contributed by atoms with Crippen LogP contribution in [0.2, 0.25) is 0 Å². The third kappa shape index (κ3) is 2.88. The maximum absolute atomic E-state index is 5.43. The van der Waals surface area contributed by atoms with E-state index in [0.717, 1.165) is 17.6 Å². The Hall–Kier alpha value is -0.760. The molecule has 1 fully saturated rings. The summed E-state index contributed by atoms with van der Waals surface area (Å²) >= 11 is 0. The Bertz CT molecular complexity index is 297. The Labute approximate surface area is 98.4 Å². The molecule has 0 radical (unpaired) electrons. The molecule has 0 bridgehead atoms. The molecule has 1 N–H and O–H groups in total. The maximum Gasteiger partial charge on any atom is 0.120 e. The molecule has 2 rings (SSSR count). The smallest absolute Gasteiger partial charge is 0.120 e. The predicted octanol–water partition coefficient (Wildman–Crippen LogP) is 3.75. The number of rotatable bonds is 3. The lowest BCUT2D eigenvalue weighted by Gasteiger charge is -2.33. The van der Waals surface area contributed by atoms with Gasteiger partial charge in [0.15, 0.2) is 0 Å². The number of nitrogens with one attached hydrogen (secondary N) is 1. The second kappa shape index (κ2) is 5.05. The van der Waals surface area contributed by atoms with Gasteiger partial charge in [-0.05, 0) is 50.2 Å². The summed E-state index contributed by atoms with van der Waals surface area (Å²) in [6.45, 7) is 6.91. The van der Waals surface area contributed by atoms with E-state index in [-0.39, 0.29) is 0 Å². The fourth-order valence-corrected chi connectivity index (χ4v) is 3.06. The first-order valence-corrected chi connectivity index (χ1v) is 6.44. The van der Waals surface area contributed by atoms with Crippen LogP contribution in [0.1, 0.15) is 51.8 Å². The molecule has 2 unspecified atom stereocenters. The van der Waals surface area contributed by atoms with Gasteiger partial charge < -0.3 is 9.73 Å². The van der Waals surface area contributed by atoms with Gasteiger partial charge in [0.25, 0.3) is 0 Å². The van der Waals surface area contributed by atoms with Crippen LogP contribution >= 0.6 is 0 Å². The van der Waals surface area contributed by atoms with Crippen LogP contribution in [0.15, 0.2) is 22.8 Å². The van der Waals surface area contributed by atoms with Crippen molar-refractivity contribution >= 4 is 0 Å². The molecule has 0 saturated heterocycles. The van der Waals surface area contributed by atoms with Gasteiger partial charge in [-0.15, -0.1) is 0 Å². The van der Waals surface area contributed by atoms with Gasteiger partial charge in [0, 0.05) is 6.04 Å². The number of hydrogen-bond acceptors (Lipinski definition) is 2. The molecule has 2 heteroatoms. The molecule has 2 nitrogen and oxygen atoms in total. The number of furan rings is 1. The molecule has 0 spiro atoms. The van der Waals surface area contributed by atoms with E-state index >= 15 is 0 Å². The topological polar surface area (TPSA) is 25.2 Å². The van der Waals surface area contributed by atoms with Crippen LogP contribution < -0.4 is 5.32 Å². The van der Waals surface area contributed by atoms with E-state index in [4.69, 9.17) is 4.42 Å². The summed E-state index contributed by atoms with van der Waals surface area (Å²) in [4.78, 5) is 0. The van der Waals surface area contributed by atoms with Crippen molar-refractivity contribution in [3.05, 3.63) is 24.2 Å². The Kier molecular flexibility index (Phi) is 3.70. The fraction of sp³-hybridized carbons (Fsp3) is 0.714. The van der Waals surface area contributed by atoms with Crippen LogP contribution in [-0.2, 0) is 0 Å². The first-order valence-electron chi connectivity index (χ1n) is 6.44. The van der Waals surface area contributed by atoms with E-state index in [1.165, 1.54) is 19.3 Å². The van der Waals surface area contributed by atoms with Gasteiger partial charge in [-0.2, -0.15) is 0 Å². The molecule has 0 aromatic carbocycles. The minimum Gasteiger partial charge on any atom is -0.468 e. The first-order chi connectivity index (χ1) is 7.65. The van der Waals surface area contributed by atoms with Crippen molar-refractivity contribution in [2.24, 2.45) is 11.8 Å². The molecule has 1 saturated carbocycles. The summed E-state index contributed by atoms with van der Waals surface area (Å²) in [6, 6.07) is 4.99. The van der Waals surface area contributed by atoms with Gasteiger partial charge in [0.1, 0.15) is 5.76 Å². The van der Waals surface area contributed by atoms with Gasteiger partial charge in [-0.25, -0.2) is 0 Å². The average Bonchev–Trinajstić information content (AvgIpc) is 2.68. The highest BCUT2D eigenvalue weighted by atomic mass is 16.3. The van der Waals surface area contributed by atoms with Gasteiger partial charge in [-0.1, -0.05) is 13.8 Å². The van der Waals surface area contributed by atoms with E-state index in [2.05, 4.69) is 26.1 Å². The normalized spacial score (nSPS) is 32.6. The summed E-state index contributed by atoms with van der Waals surface area (Å²) in [5.41, 5.74) is 0. The highest BCUT2D eigenvalue weighted by Crippen LogP contribution is 2.29. The lowest BCUT2D eigenvalue weighted by molar-refractivity contribution is 0.222. The highest BCUT2D eigenvalue weighted by molar-refractivity contribution is 5.03. The van der Waals surface area contributed by atoms with Gasteiger partial charge >= 0.3 is 0 Å². The molecule has 3 atom stereocenters. The Morgan fingerprint density at radius 2 is 1.94 bits per heavy atom. The highest BCUT2D eigenvalue weighted by Gasteiger charge is 2.25. The quantitative estimate of drug-likeness (QED) is 0.840. The summed E-state index contributed by atoms with van der Waals surface area (Å²) in [5.74, 6) is 2.75. The molecule has 1 aliphatic carbocycles. The molecule has 0 aliphatic heterocycles. The molecule has 16 heavy (non-hydrogen) atoms. The van der Waals surface area contributed by atoms with Crippen LogP contribution in [-0.4, -0.2) is 6.04 Å². The summed E-state index contributed by atoms with van der Waals surface area (Å²) in [7, 11) is 0. The van der Waals surface area contributed by atoms with Gasteiger partial charge in [-0.3, -0.25) is 0 Å². The minimum atomic E-state index is 0.331. The van der Waals surface area contributed by atoms with Crippen molar-refractivity contribution in [1.29, 1.82) is 0 Å². The summed E-state index contributed by atoms with van der Waals surface area (Å²) < 4.78 is 5.43. The van der Waals surface area contributed by atoms with Gasteiger partial charge in [0.05, 0.1) is 12.3 Å². The Morgan fingerprint density at radius 3 is 2.50 bits per heavy atom. The van der Waals surface area contributed by atoms with Crippen molar-refractivity contribution in [1.82, 2.24) is 5.32 Å². The van der Waals surface area contributed by atoms with Crippen LogP contribution in [0, 0.1) is 11.8 Å². The molecule has 1 aromatic heterocycles. The maximum atomic E-state index is 5.43. The van der Waals surface area contributed by atoms with Crippen molar-refractivity contribution in [3.63, 3.8) is 0 Å². The summed E-state index contributed by atoms with van der Waals surface area (Å²) in [5, 5.41) is 3.69. The zero-order valence-electron chi connectivity index (χ0n) is 10.6. The molecule has 1 aliphatic rings. The second-order valence-electron chi connectivity index (χ2n) is 5.52. The molecule has 1 heterocycles. The third-order valence-corrected chi connectivity index (χ3v) is 3.63. The van der Waals surface area contributed by atoms with E-state index in [1.54, 1.807) is 6.26 Å². The van der Waals surface area contributed by atoms with E-state index in [0.29, 0.717) is 12.1 Å². The van der Waals surface area contributed by atoms with Crippen LogP contribution in [0.5, 0.6) is 0 Å². The zero-order chi connectivity index (χ0) is 11.5. The van der Waals surface area contributed by atoms with Crippen LogP contribution in [0.3, 0.4) is 0 Å². The van der Waals surface area contributed by atoms with E-state index < -0.39 is 0 Å². The summed E-state index contributed by atoms with van der Waals surface area (Å²) in [6.07, 6.45) is 5.73. The number of hydrogen-bond donors (Lipinski definition) is 1. The average molecular weight is 221 g/mol. The molecular weight excluding hydrogens is 198 g/mol. The van der Waals surface area contributed by atoms with E-state index in [1.807, 2.05) is 12.1 Å². The minimum absolute atomic E-state index is 0.331. The molecule has 0 amide bonds.